The second-order valence-corrected chi connectivity index (χ2v) is 8.59. The molecule has 10 heteroatoms. The fraction of sp³-hybridized carbons (Fsp3) is 0.167. The monoisotopic (exact) mass is 495 g/mol. The Morgan fingerprint density at radius 3 is 2.41 bits per heavy atom. The van der Waals surface area contributed by atoms with Gasteiger partial charge in [-0.3, -0.25) is 9.47 Å². The molecule has 0 unspecified atom stereocenters. The Balaban J connectivity index is 1.43. The van der Waals surface area contributed by atoms with Crippen LogP contribution in [0.3, 0.4) is 0 Å². The van der Waals surface area contributed by atoms with E-state index in [9.17, 15) is 9.59 Å². The Hall–Kier alpha value is -3.56. The number of esters is 1. The van der Waals surface area contributed by atoms with Crippen LogP contribution in [0.2, 0.25) is 5.02 Å². The summed E-state index contributed by atoms with van der Waals surface area (Å²) in [6.07, 6.45) is 4.34. The number of nitrogens with one attached hydrogen (secondary N) is 1. The number of hydrogen-bond donors (Lipinski definition) is 1. The first-order chi connectivity index (χ1) is 16.5. The topological polar surface area (TPSA) is 91.0 Å². The Morgan fingerprint density at radius 2 is 1.74 bits per heavy atom. The van der Waals surface area contributed by atoms with Gasteiger partial charge in [0.2, 0.25) is 11.1 Å². The number of carbonyl (C=O) groups excluding carboxylic acids is 2. The SMILES string of the molecule is CCOC(=O)c1ccc(NC(=O)CSc2nnc(Cc3ccc(Cl)cc3)n2-n2cccc2)cc1. The van der Waals surface area contributed by atoms with Crippen LogP contribution in [-0.4, -0.2) is 43.8 Å². The normalized spacial score (nSPS) is 10.8. The Morgan fingerprint density at radius 1 is 1.03 bits per heavy atom. The highest BCUT2D eigenvalue weighted by Gasteiger charge is 2.16. The second-order valence-electron chi connectivity index (χ2n) is 7.21. The van der Waals surface area contributed by atoms with E-state index in [1.807, 2.05) is 58.1 Å². The number of ether oxygens (including phenoxy) is 1. The van der Waals surface area contributed by atoms with E-state index >= 15 is 0 Å². The van der Waals surface area contributed by atoms with E-state index < -0.39 is 5.97 Å². The first-order valence-corrected chi connectivity index (χ1v) is 11.9. The summed E-state index contributed by atoms with van der Waals surface area (Å²) in [5.74, 6) is 0.279. The van der Waals surface area contributed by atoms with Crippen LogP contribution in [0.1, 0.15) is 28.7 Å². The van der Waals surface area contributed by atoms with Gasteiger partial charge in [0, 0.05) is 29.5 Å². The molecular weight excluding hydrogens is 474 g/mol. The number of rotatable bonds is 9. The van der Waals surface area contributed by atoms with Crippen molar-refractivity contribution in [3.05, 3.63) is 95.0 Å². The average molecular weight is 496 g/mol. The Kier molecular flexibility index (Phi) is 7.66. The first-order valence-electron chi connectivity index (χ1n) is 10.6. The van der Waals surface area contributed by atoms with Crippen LogP contribution in [0.4, 0.5) is 5.69 Å². The second kappa shape index (κ2) is 11.0. The zero-order valence-corrected chi connectivity index (χ0v) is 19.9. The average Bonchev–Trinajstić information content (AvgIpc) is 3.49. The third kappa shape index (κ3) is 5.86. The Labute approximate surface area is 205 Å². The first kappa shape index (κ1) is 23.6. The van der Waals surface area contributed by atoms with Crippen molar-refractivity contribution in [3.8, 4) is 0 Å². The van der Waals surface area contributed by atoms with Gasteiger partial charge in [-0.1, -0.05) is 35.5 Å². The molecule has 0 aliphatic heterocycles. The summed E-state index contributed by atoms with van der Waals surface area (Å²) in [7, 11) is 0. The maximum absolute atomic E-state index is 12.5. The summed E-state index contributed by atoms with van der Waals surface area (Å²) in [4.78, 5) is 24.3. The zero-order valence-electron chi connectivity index (χ0n) is 18.3. The Bertz CT molecular complexity index is 1260. The highest BCUT2D eigenvalue weighted by molar-refractivity contribution is 7.99. The van der Waals surface area contributed by atoms with Crippen LogP contribution in [-0.2, 0) is 16.0 Å². The lowest BCUT2D eigenvalue weighted by Gasteiger charge is -2.11. The van der Waals surface area contributed by atoms with Crippen molar-refractivity contribution in [1.29, 1.82) is 0 Å². The molecule has 0 saturated carbocycles. The molecule has 4 rings (SSSR count). The molecule has 0 saturated heterocycles. The highest BCUT2D eigenvalue weighted by atomic mass is 35.5. The lowest BCUT2D eigenvalue weighted by molar-refractivity contribution is -0.113. The summed E-state index contributed by atoms with van der Waals surface area (Å²) in [5, 5.41) is 12.8. The van der Waals surface area contributed by atoms with Crippen molar-refractivity contribution in [2.24, 2.45) is 0 Å². The third-order valence-electron chi connectivity index (χ3n) is 4.78. The van der Waals surface area contributed by atoms with E-state index in [0.717, 1.165) is 11.4 Å². The lowest BCUT2D eigenvalue weighted by atomic mass is 10.1. The summed E-state index contributed by atoms with van der Waals surface area (Å²) in [6.45, 7) is 2.06. The van der Waals surface area contributed by atoms with Crippen LogP contribution in [0.5, 0.6) is 0 Å². The fourth-order valence-corrected chi connectivity index (χ4v) is 4.08. The molecule has 4 aromatic rings. The molecule has 0 atom stereocenters. The van der Waals surface area contributed by atoms with Crippen LogP contribution in [0, 0.1) is 0 Å². The number of halogens is 1. The van der Waals surface area contributed by atoms with Crippen molar-refractivity contribution >= 4 is 40.9 Å². The predicted octanol–water partition coefficient (Wildman–Crippen LogP) is 4.54. The fourth-order valence-electron chi connectivity index (χ4n) is 3.20. The molecule has 174 valence electrons. The summed E-state index contributed by atoms with van der Waals surface area (Å²) in [6, 6.07) is 18.0. The van der Waals surface area contributed by atoms with Crippen molar-refractivity contribution in [3.63, 3.8) is 0 Å². The minimum absolute atomic E-state index is 0.139. The van der Waals surface area contributed by atoms with Gasteiger partial charge in [-0.25, -0.2) is 9.47 Å². The molecule has 0 aliphatic rings. The number of aromatic nitrogens is 4. The number of amides is 1. The highest BCUT2D eigenvalue weighted by Crippen LogP contribution is 2.21. The smallest absolute Gasteiger partial charge is 0.338 e. The standard InChI is InChI=1S/C24H22ClN5O3S/c1-2-33-23(32)18-7-11-20(12-8-18)26-22(31)16-34-24-28-27-21(30(24)29-13-3-4-14-29)15-17-5-9-19(25)10-6-17/h3-14H,2,15-16H2,1H3,(H,26,31). The molecule has 34 heavy (non-hydrogen) atoms. The minimum atomic E-state index is -0.394. The third-order valence-corrected chi connectivity index (χ3v) is 5.96. The van der Waals surface area contributed by atoms with Crippen molar-refractivity contribution in [1.82, 2.24) is 19.5 Å². The van der Waals surface area contributed by atoms with Gasteiger partial charge in [-0.15, -0.1) is 10.2 Å². The van der Waals surface area contributed by atoms with E-state index in [1.165, 1.54) is 11.8 Å². The van der Waals surface area contributed by atoms with Crippen LogP contribution in [0.15, 0.2) is 78.2 Å². The minimum Gasteiger partial charge on any atom is -0.462 e. The number of thioether (sulfide) groups is 1. The van der Waals surface area contributed by atoms with Crippen molar-refractivity contribution in [2.45, 2.75) is 18.5 Å². The maximum Gasteiger partial charge on any atom is 0.338 e. The van der Waals surface area contributed by atoms with Gasteiger partial charge in [0.25, 0.3) is 0 Å². The number of nitrogens with zero attached hydrogens (tertiary/aromatic N) is 4. The molecule has 0 aliphatic carbocycles. The van der Waals surface area contributed by atoms with E-state index in [2.05, 4.69) is 15.5 Å². The largest absolute Gasteiger partial charge is 0.462 e. The van der Waals surface area contributed by atoms with E-state index in [-0.39, 0.29) is 11.7 Å². The molecule has 2 aromatic carbocycles. The van der Waals surface area contributed by atoms with Gasteiger partial charge in [0.1, 0.15) is 0 Å². The van der Waals surface area contributed by atoms with E-state index in [4.69, 9.17) is 16.3 Å². The van der Waals surface area contributed by atoms with Gasteiger partial charge in [0.15, 0.2) is 5.82 Å². The molecule has 2 heterocycles. The van der Waals surface area contributed by atoms with Gasteiger partial charge >= 0.3 is 5.97 Å². The van der Waals surface area contributed by atoms with Gasteiger partial charge in [0.05, 0.1) is 17.9 Å². The zero-order chi connectivity index (χ0) is 23.9. The molecule has 0 bridgehead atoms. The van der Waals surface area contributed by atoms with Crippen molar-refractivity contribution in [2.75, 3.05) is 17.7 Å². The van der Waals surface area contributed by atoms with Crippen LogP contribution in [0.25, 0.3) is 0 Å². The summed E-state index contributed by atoms with van der Waals surface area (Å²) in [5.41, 5.74) is 2.07. The van der Waals surface area contributed by atoms with E-state index in [1.54, 1.807) is 31.2 Å². The molecular formula is C24H22ClN5O3S. The molecule has 1 amide bonds. The van der Waals surface area contributed by atoms with Gasteiger partial charge < -0.3 is 10.1 Å². The quantitative estimate of drug-likeness (QED) is 0.271. The molecule has 0 radical (unpaired) electrons. The molecule has 0 spiro atoms. The van der Waals surface area contributed by atoms with Crippen molar-refractivity contribution < 1.29 is 14.3 Å². The maximum atomic E-state index is 12.5. The molecule has 0 fully saturated rings. The van der Waals surface area contributed by atoms with E-state index in [0.29, 0.717) is 34.5 Å². The van der Waals surface area contributed by atoms with Gasteiger partial charge in [-0.05, 0) is 61.0 Å². The summed E-state index contributed by atoms with van der Waals surface area (Å²) >= 11 is 7.28. The molecule has 1 N–H and O–H groups in total. The molecule has 2 aromatic heterocycles. The lowest BCUT2D eigenvalue weighted by Crippen LogP contribution is -2.16. The number of carbonyl (C=O) groups is 2. The number of hydrogen-bond acceptors (Lipinski definition) is 6. The molecule has 8 nitrogen and oxygen atoms in total. The summed E-state index contributed by atoms with van der Waals surface area (Å²) < 4.78 is 8.72. The number of benzene rings is 2. The van der Waals surface area contributed by atoms with Crippen LogP contribution >= 0.6 is 23.4 Å². The predicted molar refractivity (Wildman–Crippen MR) is 131 cm³/mol. The van der Waals surface area contributed by atoms with Crippen LogP contribution < -0.4 is 5.32 Å². The van der Waals surface area contributed by atoms with Gasteiger partial charge in [-0.2, -0.15) is 0 Å². The number of anilines is 1.